The summed E-state index contributed by atoms with van der Waals surface area (Å²) in [6, 6.07) is 1.24. The zero-order valence-corrected chi connectivity index (χ0v) is 43.8. The van der Waals surface area contributed by atoms with Crippen molar-refractivity contribution >= 4 is 33.4 Å². The Balaban J connectivity index is 1.81. The number of carbonyl (C=O) groups is 2. The van der Waals surface area contributed by atoms with Gasteiger partial charge in [-0.05, 0) is 63.9 Å². The van der Waals surface area contributed by atoms with Crippen LogP contribution in [0.5, 0.6) is 0 Å². The van der Waals surface area contributed by atoms with E-state index in [1.807, 2.05) is 12.2 Å². The molecule has 21 heteroatoms. The zero-order valence-electron chi connectivity index (χ0n) is 42.0. The van der Waals surface area contributed by atoms with Crippen molar-refractivity contribution in [1.29, 1.82) is 0 Å². The van der Waals surface area contributed by atoms with Crippen LogP contribution in [-0.4, -0.2) is 97.4 Å². The van der Waals surface area contributed by atoms with Crippen LogP contribution in [0.1, 0.15) is 180 Å². The second kappa shape index (κ2) is 39.2. The number of aliphatic hydroxyl groups excluding tert-OH is 3. The van der Waals surface area contributed by atoms with E-state index in [4.69, 9.17) is 34.1 Å². The van der Waals surface area contributed by atoms with Gasteiger partial charge in [-0.15, -0.1) is 0 Å². The summed E-state index contributed by atoms with van der Waals surface area (Å²) >= 11 is 0. The SMILES string of the molecule is CCCCCCCCCCCCCCCCCC(=O)O[C@H](COC(=O)CCC/C=C\C/C=C\C/C=C\C/C=C\CCCCCO)COP(=O)(O)OP(=O)(O)OC[C@H]1O[C@@H](n2ccc(N)nc2=O)[C@H](O)[C@@H]1O. The Hall–Kier alpha value is -3.32. The summed E-state index contributed by atoms with van der Waals surface area (Å²) in [7, 11) is -10.9. The summed E-state index contributed by atoms with van der Waals surface area (Å²) in [6.45, 7) is 0.114. The van der Waals surface area contributed by atoms with Crippen LogP contribution in [0.15, 0.2) is 65.7 Å². The number of phosphoric acid groups is 2. The smallest absolute Gasteiger partial charge is 0.462 e. The van der Waals surface area contributed by atoms with Crippen LogP contribution in [-0.2, 0) is 46.3 Å². The number of nitrogen functional groups attached to an aromatic ring is 1. The molecule has 0 aliphatic carbocycles. The Labute approximate surface area is 421 Å². The van der Waals surface area contributed by atoms with Gasteiger partial charge in [0.15, 0.2) is 12.3 Å². The number of carbonyl (C=O) groups excluding carboxylic acids is 2. The van der Waals surface area contributed by atoms with Crippen molar-refractivity contribution in [2.75, 3.05) is 32.2 Å². The lowest BCUT2D eigenvalue weighted by Crippen LogP contribution is -2.36. The number of aromatic nitrogens is 2. The van der Waals surface area contributed by atoms with Crippen LogP contribution in [0.2, 0.25) is 0 Å². The van der Waals surface area contributed by atoms with Crippen molar-refractivity contribution in [3.8, 4) is 0 Å². The van der Waals surface area contributed by atoms with Gasteiger partial charge in [0, 0.05) is 25.6 Å². The molecule has 2 heterocycles. The second-order valence-corrected chi connectivity index (χ2v) is 20.8. The van der Waals surface area contributed by atoms with E-state index in [1.165, 1.54) is 70.3 Å². The largest absolute Gasteiger partial charge is 0.481 e. The predicted octanol–water partition coefficient (Wildman–Crippen LogP) is 9.53. The van der Waals surface area contributed by atoms with E-state index < -0.39 is 83.7 Å². The highest BCUT2D eigenvalue weighted by molar-refractivity contribution is 7.61. The van der Waals surface area contributed by atoms with Gasteiger partial charge in [-0.2, -0.15) is 9.29 Å². The number of phosphoric ester groups is 2. The van der Waals surface area contributed by atoms with Crippen LogP contribution < -0.4 is 11.4 Å². The van der Waals surface area contributed by atoms with Gasteiger partial charge >= 0.3 is 33.3 Å². The number of unbranched alkanes of at least 4 members (excludes halogenated alkanes) is 18. The number of rotatable bonds is 43. The predicted molar refractivity (Wildman–Crippen MR) is 272 cm³/mol. The molecule has 1 saturated heterocycles. The van der Waals surface area contributed by atoms with Gasteiger partial charge < -0.3 is 45.1 Å². The van der Waals surface area contributed by atoms with Crippen molar-refractivity contribution in [3.63, 3.8) is 0 Å². The number of hydrogen-bond donors (Lipinski definition) is 6. The van der Waals surface area contributed by atoms with E-state index in [2.05, 4.69) is 52.7 Å². The number of ether oxygens (including phenoxy) is 3. The van der Waals surface area contributed by atoms with E-state index in [-0.39, 0.29) is 25.3 Å². The average molecular weight is 1050 g/mol. The fourth-order valence-corrected chi connectivity index (χ4v) is 9.57. The number of allylic oxidation sites excluding steroid dienone is 8. The number of nitrogens with zero attached hydrogens (tertiary/aromatic N) is 2. The minimum atomic E-state index is -5.44. The summed E-state index contributed by atoms with van der Waals surface area (Å²) in [6.07, 6.45) is 34.9. The van der Waals surface area contributed by atoms with E-state index in [0.29, 0.717) is 19.3 Å². The molecular weight excluding hydrogens is 961 g/mol. The molecule has 1 aromatic rings. The Bertz CT molecular complexity index is 1880. The first-order valence-electron chi connectivity index (χ1n) is 25.8. The van der Waals surface area contributed by atoms with E-state index in [9.17, 15) is 43.5 Å². The minimum absolute atomic E-state index is 0.0351. The Kier molecular flexibility index (Phi) is 35.2. The Morgan fingerprint density at radius 3 is 1.77 bits per heavy atom. The second-order valence-electron chi connectivity index (χ2n) is 17.8. The molecule has 2 rings (SSSR count). The van der Waals surface area contributed by atoms with Gasteiger partial charge in [0.25, 0.3) is 0 Å². The highest BCUT2D eigenvalue weighted by Gasteiger charge is 2.46. The van der Waals surface area contributed by atoms with Crippen LogP contribution in [0.3, 0.4) is 0 Å². The first-order valence-corrected chi connectivity index (χ1v) is 28.7. The van der Waals surface area contributed by atoms with Crippen molar-refractivity contribution < 1.29 is 71.4 Å². The third kappa shape index (κ3) is 31.8. The molecule has 1 aromatic heterocycles. The van der Waals surface area contributed by atoms with Gasteiger partial charge in [-0.1, -0.05) is 152 Å². The maximum Gasteiger partial charge on any atom is 0.481 e. The first-order chi connectivity index (χ1) is 34.2. The molecule has 406 valence electrons. The lowest BCUT2D eigenvalue weighted by atomic mass is 10.0. The number of esters is 2. The highest BCUT2D eigenvalue weighted by Crippen LogP contribution is 2.60. The van der Waals surface area contributed by atoms with Gasteiger partial charge in [0.05, 0.1) is 13.2 Å². The molecule has 1 aliphatic rings. The van der Waals surface area contributed by atoms with E-state index in [0.717, 1.165) is 81.4 Å². The molecule has 1 aliphatic heterocycles. The topological polar surface area (TPSA) is 286 Å². The quantitative estimate of drug-likeness (QED) is 0.0154. The summed E-state index contributed by atoms with van der Waals surface area (Å²) in [5, 5.41) is 29.7. The van der Waals surface area contributed by atoms with Gasteiger partial charge in [0.1, 0.15) is 30.7 Å². The summed E-state index contributed by atoms with van der Waals surface area (Å²) < 4.78 is 56.7. The fraction of sp³-hybridized carbons (Fsp3) is 0.720. The average Bonchev–Trinajstić information content (AvgIpc) is 3.61. The molecule has 0 spiro atoms. The maximum absolute atomic E-state index is 12.9. The third-order valence-corrected chi connectivity index (χ3v) is 14.1. The first kappa shape index (κ1) is 63.8. The Morgan fingerprint density at radius 1 is 0.704 bits per heavy atom. The molecule has 0 amide bonds. The minimum Gasteiger partial charge on any atom is -0.462 e. The van der Waals surface area contributed by atoms with Crippen LogP contribution >= 0.6 is 15.6 Å². The lowest BCUT2D eigenvalue weighted by Gasteiger charge is -2.21. The number of nitrogens with two attached hydrogens (primary N) is 1. The van der Waals surface area contributed by atoms with Crippen molar-refractivity contribution in [2.24, 2.45) is 0 Å². The Morgan fingerprint density at radius 2 is 1.21 bits per heavy atom. The van der Waals surface area contributed by atoms with Gasteiger partial charge in [-0.25, -0.2) is 13.9 Å². The van der Waals surface area contributed by atoms with Crippen molar-refractivity contribution in [3.05, 3.63) is 71.4 Å². The normalized spacial score (nSPS) is 19.5. The van der Waals surface area contributed by atoms with Gasteiger partial charge in [0.2, 0.25) is 0 Å². The molecule has 7 N–H and O–H groups in total. The van der Waals surface area contributed by atoms with Crippen LogP contribution in [0, 0.1) is 0 Å². The third-order valence-electron chi connectivity index (χ3n) is 11.5. The van der Waals surface area contributed by atoms with Crippen LogP contribution in [0.25, 0.3) is 0 Å². The number of anilines is 1. The monoisotopic (exact) mass is 1050 g/mol. The van der Waals surface area contributed by atoms with E-state index >= 15 is 0 Å². The summed E-state index contributed by atoms with van der Waals surface area (Å²) in [5.41, 5.74) is 4.58. The molecule has 0 aromatic carbocycles. The molecule has 19 nitrogen and oxygen atoms in total. The number of aliphatic hydroxyl groups is 3. The zero-order chi connectivity index (χ0) is 52.0. The van der Waals surface area contributed by atoms with Crippen LogP contribution in [0.4, 0.5) is 5.82 Å². The maximum atomic E-state index is 12.9. The van der Waals surface area contributed by atoms with Crippen molar-refractivity contribution in [2.45, 2.75) is 205 Å². The van der Waals surface area contributed by atoms with E-state index in [1.54, 1.807) is 0 Å². The molecule has 1 fully saturated rings. The molecular formula is C50H85N3O16P2. The molecule has 0 bridgehead atoms. The molecule has 0 radical (unpaired) electrons. The number of hydrogen-bond acceptors (Lipinski definition) is 16. The fourth-order valence-electron chi connectivity index (χ4n) is 7.46. The van der Waals surface area contributed by atoms with Crippen molar-refractivity contribution in [1.82, 2.24) is 9.55 Å². The van der Waals surface area contributed by atoms with Gasteiger partial charge in [-0.3, -0.25) is 23.2 Å². The molecule has 0 saturated carbocycles. The lowest BCUT2D eigenvalue weighted by molar-refractivity contribution is -0.161. The molecule has 2 unspecified atom stereocenters. The highest BCUT2D eigenvalue weighted by atomic mass is 31.3. The summed E-state index contributed by atoms with van der Waals surface area (Å²) in [5.74, 6) is -1.37. The molecule has 71 heavy (non-hydrogen) atoms. The summed E-state index contributed by atoms with van der Waals surface area (Å²) in [4.78, 5) is 61.9. The standard InChI is InChI=1S/C50H85N3O16P2/c1-2-3-4-5-6-7-8-9-13-17-20-23-26-29-32-35-46(56)67-42(39-64-45(55)34-31-28-25-22-19-16-14-11-10-12-15-18-21-24-27-30-33-38-54)40-65-70(60,61)69-71(62,63)66-41-43-47(57)48(58)49(68-43)53-37-36-44(51)52-50(53)59/h10,12,14,16,18,21-22,25,36-37,42-43,47-49,54,57-58H,2-9,11,13,15,17,19-20,23-24,26-35,38-41H2,1H3,(H,60,61)(H,62,63)(H2,51,52,59)/b12-10-,16-14-,21-18-,25-22-/t42-,43-,47-,48-,49-/m1/s1. The molecule has 7 atom stereocenters.